The molecular formula is C19H18N2O6. The molecule has 2 aromatic carbocycles. The smallest absolute Gasteiger partial charge is 0.335 e. The molecule has 0 radical (unpaired) electrons. The Morgan fingerprint density at radius 3 is 2.00 bits per heavy atom. The zero-order chi connectivity index (χ0) is 19.8. The van der Waals surface area contributed by atoms with Crippen LogP contribution in [0.4, 0.5) is 0 Å². The number of hydrogen-bond donors (Lipinski definition) is 4. The standard InChI is InChI=1S/C19H18N2O6/c22-16(21-15(19(26)27)10-12-4-2-1-3-5-12)11-20-17(23)13-6-8-14(9-7-13)18(24)25/h1-9,15H,10-11H2,(H,20,23)(H,21,22)(H,24,25)(H,26,27)/t15-/m0/s1. The molecule has 0 bridgehead atoms. The number of aliphatic carboxylic acids is 1. The van der Waals surface area contributed by atoms with Gasteiger partial charge in [-0.3, -0.25) is 9.59 Å². The molecule has 0 heterocycles. The summed E-state index contributed by atoms with van der Waals surface area (Å²) in [5.74, 6) is -3.51. The van der Waals surface area contributed by atoms with Crippen LogP contribution in [0.1, 0.15) is 26.3 Å². The van der Waals surface area contributed by atoms with Crippen molar-refractivity contribution in [1.82, 2.24) is 10.6 Å². The van der Waals surface area contributed by atoms with Crippen LogP contribution in [0.25, 0.3) is 0 Å². The van der Waals surface area contributed by atoms with Crippen molar-refractivity contribution in [3.63, 3.8) is 0 Å². The maximum absolute atomic E-state index is 12.0. The van der Waals surface area contributed by atoms with Gasteiger partial charge in [0, 0.05) is 12.0 Å². The Hall–Kier alpha value is -3.68. The van der Waals surface area contributed by atoms with Crippen LogP contribution >= 0.6 is 0 Å². The summed E-state index contributed by atoms with van der Waals surface area (Å²) in [5.41, 5.74) is 0.981. The van der Waals surface area contributed by atoms with Gasteiger partial charge in [-0.25, -0.2) is 9.59 Å². The maximum atomic E-state index is 12.0. The second-order valence-corrected chi connectivity index (χ2v) is 5.71. The average Bonchev–Trinajstić information content (AvgIpc) is 2.66. The molecule has 0 aliphatic rings. The third kappa shape index (κ3) is 5.96. The second kappa shape index (κ2) is 9.14. The Bertz CT molecular complexity index is 833. The highest BCUT2D eigenvalue weighted by Crippen LogP contribution is 2.05. The fourth-order valence-corrected chi connectivity index (χ4v) is 2.32. The molecule has 0 aliphatic heterocycles. The quantitative estimate of drug-likeness (QED) is 0.546. The van der Waals surface area contributed by atoms with Crippen LogP contribution in [0.5, 0.6) is 0 Å². The van der Waals surface area contributed by atoms with E-state index in [1.165, 1.54) is 24.3 Å². The molecule has 8 nitrogen and oxygen atoms in total. The number of carbonyl (C=O) groups excluding carboxylic acids is 2. The van der Waals surface area contributed by atoms with Gasteiger partial charge in [0.15, 0.2) is 0 Å². The van der Waals surface area contributed by atoms with Crippen molar-refractivity contribution in [2.24, 2.45) is 0 Å². The molecule has 140 valence electrons. The first kappa shape index (κ1) is 19.6. The minimum absolute atomic E-state index is 0.0366. The first-order chi connectivity index (χ1) is 12.9. The van der Waals surface area contributed by atoms with Gasteiger partial charge in [-0.2, -0.15) is 0 Å². The van der Waals surface area contributed by atoms with Gasteiger partial charge in [-0.05, 0) is 29.8 Å². The third-order valence-electron chi connectivity index (χ3n) is 3.72. The van der Waals surface area contributed by atoms with Gasteiger partial charge in [-0.1, -0.05) is 30.3 Å². The number of carboxylic acid groups (broad SMARTS) is 2. The van der Waals surface area contributed by atoms with E-state index in [0.717, 1.165) is 5.56 Å². The van der Waals surface area contributed by atoms with E-state index < -0.39 is 36.3 Å². The van der Waals surface area contributed by atoms with Gasteiger partial charge in [0.25, 0.3) is 5.91 Å². The van der Waals surface area contributed by atoms with E-state index in [4.69, 9.17) is 5.11 Å². The molecular weight excluding hydrogens is 352 g/mol. The van der Waals surface area contributed by atoms with Crippen molar-refractivity contribution in [3.05, 3.63) is 71.3 Å². The van der Waals surface area contributed by atoms with Crippen LogP contribution in [0, 0.1) is 0 Å². The Balaban J connectivity index is 1.88. The molecule has 2 rings (SSSR count). The second-order valence-electron chi connectivity index (χ2n) is 5.71. The fourth-order valence-electron chi connectivity index (χ4n) is 2.32. The topological polar surface area (TPSA) is 133 Å². The van der Waals surface area contributed by atoms with Crippen molar-refractivity contribution in [1.29, 1.82) is 0 Å². The summed E-state index contributed by atoms with van der Waals surface area (Å²) in [7, 11) is 0. The lowest BCUT2D eigenvalue weighted by molar-refractivity contribution is -0.141. The molecule has 0 aromatic heterocycles. The predicted octanol–water partition coefficient (Wildman–Crippen LogP) is 0.927. The summed E-state index contributed by atoms with van der Waals surface area (Å²) in [6.07, 6.45) is 0.118. The fraction of sp³-hybridized carbons (Fsp3) is 0.158. The minimum atomic E-state index is -1.18. The summed E-state index contributed by atoms with van der Waals surface area (Å²) in [6.45, 7) is -0.405. The van der Waals surface area contributed by atoms with Crippen molar-refractivity contribution in [3.8, 4) is 0 Å². The molecule has 0 fully saturated rings. The normalized spacial score (nSPS) is 11.3. The molecule has 0 unspecified atom stereocenters. The van der Waals surface area contributed by atoms with E-state index in [9.17, 15) is 24.3 Å². The maximum Gasteiger partial charge on any atom is 0.335 e. The van der Waals surface area contributed by atoms with Crippen LogP contribution in [-0.2, 0) is 16.0 Å². The van der Waals surface area contributed by atoms with Gasteiger partial charge in [0.05, 0.1) is 12.1 Å². The average molecular weight is 370 g/mol. The molecule has 0 saturated heterocycles. The summed E-state index contributed by atoms with van der Waals surface area (Å²) in [6, 6.07) is 12.9. The number of nitrogens with one attached hydrogen (secondary N) is 2. The molecule has 4 N–H and O–H groups in total. The molecule has 0 spiro atoms. The first-order valence-corrected chi connectivity index (χ1v) is 8.04. The van der Waals surface area contributed by atoms with Gasteiger partial charge in [0.2, 0.25) is 5.91 Å². The molecule has 2 aromatic rings. The van der Waals surface area contributed by atoms with Crippen molar-refractivity contribution < 1.29 is 29.4 Å². The number of carbonyl (C=O) groups is 4. The molecule has 8 heteroatoms. The van der Waals surface area contributed by atoms with Gasteiger partial charge >= 0.3 is 11.9 Å². The zero-order valence-corrected chi connectivity index (χ0v) is 14.2. The largest absolute Gasteiger partial charge is 0.480 e. The first-order valence-electron chi connectivity index (χ1n) is 8.04. The van der Waals surface area contributed by atoms with Crippen LogP contribution < -0.4 is 10.6 Å². The summed E-state index contributed by atoms with van der Waals surface area (Å²) in [5, 5.41) is 22.8. The van der Waals surface area contributed by atoms with E-state index in [1.807, 2.05) is 0 Å². The van der Waals surface area contributed by atoms with Crippen LogP contribution in [0.15, 0.2) is 54.6 Å². The van der Waals surface area contributed by atoms with E-state index in [1.54, 1.807) is 30.3 Å². The Morgan fingerprint density at radius 1 is 0.852 bits per heavy atom. The Morgan fingerprint density at radius 2 is 1.44 bits per heavy atom. The number of benzene rings is 2. The number of hydrogen-bond acceptors (Lipinski definition) is 4. The lowest BCUT2D eigenvalue weighted by atomic mass is 10.1. The van der Waals surface area contributed by atoms with Crippen molar-refractivity contribution in [2.45, 2.75) is 12.5 Å². The zero-order valence-electron chi connectivity index (χ0n) is 14.2. The highest BCUT2D eigenvalue weighted by Gasteiger charge is 2.20. The molecule has 1 atom stereocenters. The van der Waals surface area contributed by atoms with Crippen molar-refractivity contribution in [2.75, 3.05) is 6.54 Å². The lowest BCUT2D eigenvalue weighted by Crippen LogP contribution is -2.46. The number of rotatable bonds is 8. The third-order valence-corrected chi connectivity index (χ3v) is 3.72. The monoisotopic (exact) mass is 370 g/mol. The summed E-state index contributed by atoms with van der Waals surface area (Å²) in [4.78, 5) is 46.1. The van der Waals surface area contributed by atoms with Gasteiger partial charge < -0.3 is 20.8 Å². The van der Waals surface area contributed by atoms with Crippen LogP contribution in [0.2, 0.25) is 0 Å². The van der Waals surface area contributed by atoms with E-state index >= 15 is 0 Å². The van der Waals surface area contributed by atoms with Crippen LogP contribution in [0.3, 0.4) is 0 Å². The lowest BCUT2D eigenvalue weighted by Gasteiger charge is -2.15. The highest BCUT2D eigenvalue weighted by molar-refractivity contribution is 5.98. The van der Waals surface area contributed by atoms with Gasteiger partial charge in [0.1, 0.15) is 6.04 Å². The minimum Gasteiger partial charge on any atom is -0.480 e. The van der Waals surface area contributed by atoms with E-state index in [0.29, 0.717) is 0 Å². The molecule has 0 saturated carbocycles. The number of amides is 2. The molecule has 2 amide bonds. The predicted molar refractivity (Wildman–Crippen MR) is 95.4 cm³/mol. The van der Waals surface area contributed by atoms with Crippen molar-refractivity contribution >= 4 is 23.8 Å². The number of carboxylic acids is 2. The Labute approximate surface area is 154 Å². The summed E-state index contributed by atoms with van der Waals surface area (Å²) >= 11 is 0. The van der Waals surface area contributed by atoms with Crippen LogP contribution in [-0.4, -0.2) is 46.6 Å². The Kier molecular flexibility index (Phi) is 6.65. The van der Waals surface area contributed by atoms with E-state index in [-0.39, 0.29) is 17.5 Å². The molecule has 27 heavy (non-hydrogen) atoms. The van der Waals surface area contributed by atoms with E-state index in [2.05, 4.69) is 10.6 Å². The van der Waals surface area contributed by atoms with Gasteiger partial charge in [-0.15, -0.1) is 0 Å². The molecule has 0 aliphatic carbocycles. The highest BCUT2D eigenvalue weighted by atomic mass is 16.4. The SMILES string of the molecule is O=C(CNC(=O)c1ccc(C(=O)O)cc1)N[C@@H](Cc1ccccc1)C(=O)O. The summed E-state index contributed by atoms with van der Waals surface area (Å²) < 4.78 is 0. The number of aromatic carboxylic acids is 1.